The van der Waals surface area contributed by atoms with E-state index in [9.17, 15) is 0 Å². The van der Waals surface area contributed by atoms with Crippen LogP contribution in [0.2, 0.25) is 0 Å². The smallest absolute Gasteiger partial charge is 0.280 e. The molecule has 0 aliphatic carbocycles. The molecule has 0 saturated heterocycles. The molecule has 0 heterocycles. The highest BCUT2D eigenvalue weighted by molar-refractivity contribution is 9.47. The first kappa shape index (κ1) is 13.3. The molecule has 0 aromatic rings. The van der Waals surface area contributed by atoms with Crippen molar-refractivity contribution in [2.24, 2.45) is 5.92 Å². The van der Waals surface area contributed by atoms with Gasteiger partial charge in [0.25, 0.3) is 0 Å². The van der Waals surface area contributed by atoms with Crippen molar-refractivity contribution < 1.29 is 0 Å². The molecule has 0 rings (SSSR count). The Labute approximate surface area is 80.6 Å². The summed E-state index contributed by atoms with van der Waals surface area (Å²) in [6.07, 6.45) is 2.53. The molecule has 0 saturated carbocycles. The van der Waals surface area contributed by atoms with Gasteiger partial charge in [-0.2, -0.15) is 0 Å². The largest absolute Gasteiger partial charge is 0.560 e. The van der Waals surface area contributed by atoms with Crippen molar-refractivity contribution in [3.05, 3.63) is 6.92 Å². The molecule has 0 spiro atoms. The molecule has 0 N–H and O–H groups in total. The maximum Gasteiger partial charge on any atom is 0.560 e. The predicted molar refractivity (Wildman–Crippen MR) is 53.0 cm³/mol. The van der Waals surface area contributed by atoms with Crippen LogP contribution < -0.4 is 0 Å². The summed E-state index contributed by atoms with van der Waals surface area (Å²) in [5.74, 6) is 0.648. The lowest BCUT2D eigenvalue weighted by Gasteiger charge is -1.95. The third-order valence-corrected chi connectivity index (χ3v) is 0.781. The van der Waals surface area contributed by atoms with Crippen molar-refractivity contribution in [3.63, 3.8) is 0 Å². The number of halogens is 2. The van der Waals surface area contributed by atoms with E-state index in [1.54, 1.807) is 0 Å². The first-order chi connectivity index (χ1) is 4.18. The molecule has 0 aliphatic rings. The topological polar surface area (TPSA) is 0 Å². The molecule has 0 aliphatic heterocycles. The zero-order valence-corrected chi connectivity index (χ0v) is 10.7. The summed E-state index contributed by atoms with van der Waals surface area (Å²) in [6, 6.07) is 0. The molecular formula is C6H13Br2Mg. The van der Waals surface area contributed by atoms with Crippen LogP contribution >= 0.6 is 25.8 Å². The fourth-order valence-corrected chi connectivity index (χ4v) is 0.493. The van der Waals surface area contributed by atoms with Crippen LogP contribution in [0.5, 0.6) is 0 Å². The normalized spacial score (nSPS) is 7.78. The predicted octanol–water partition coefficient (Wildman–Crippen LogP) is 3.57. The van der Waals surface area contributed by atoms with E-state index in [4.69, 9.17) is 0 Å². The van der Waals surface area contributed by atoms with Gasteiger partial charge in [0.1, 0.15) is 0 Å². The second kappa shape index (κ2) is 12.4. The van der Waals surface area contributed by atoms with Crippen LogP contribution in [0.15, 0.2) is 0 Å². The van der Waals surface area contributed by atoms with Gasteiger partial charge in [0.05, 0.1) is 0 Å². The second-order valence-corrected chi connectivity index (χ2v) is 10.1. The Balaban J connectivity index is 0. The lowest BCUT2D eigenvalue weighted by molar-refractivity contribution is 0.630. The van der Waals surface area contributed by atoms with E-state index in [1.165, 1.54) is 12.8 Å². The van der Waals surface area contributed by atoms with Crippen molar-refractivity contribution in [2.45, 2.75) is 26.7 Å². The molecule has 0 nitrogen and oxygen atoms in total. The minimum atomic E-state index is 0.0417. The Hall–Kier alpha value is 1.73. The highest BCUT2D eigenvalue weighted by Gasteiger charge is 1.85. The maximum atomic E-state index is 3.83. The standard InChI is InChI=1S/C6H13.2BrH.Mg/c1-4-5-6(2)3;;;/h6H,2,4-5H2,1,3H3;2*1H;/q;;;+2/p-2. The van der Waals surface area contributed by atoms with Crippen LogP contribution in [0.1, 0.15) is 26.7 Å². The van der Waals surface area contributed by atoms with Crippen LogP contribution in [-0.4, -0.2) is 16.0 Å². The van der Waals surface area contributed by atoms with Crippen molar-refractivity contribution in [3.8, 4) is 0 Å². The summed E-state index contributed by atoms with van der Waals surface area (Å²) < 4.78 is 0. The fraction of sp³-hybridized carbons (Fsp3) is 0.833. The average Bonchev–Trinajstić information content (AvgIpc) is 1.67. The summed E-state index contributed by atoms with van der Waals surface area (Å²) in [7, 11) is 0. The molecule has 0 aromatic carbocycles. The van der Waals surface area contributed by atoms with E-state index in [0.717, 1.165) is 0 Å². The minimum Gasteiger partial charge on any atom is -0.280 e. The van der Waals surface area contributed by atoms with Crippen molar-refractivity contribution in [2.75, 3.05) is 0 Å². The van der Waals surface area contributed by atoms with E-state index in [0.29, 0.717) is 5.92 Å². The number of hydrogen-bond acceptors (Lipinski definition) is 0. The van der Waals surface area contributed by atoms with E-state index in [-0.39, 0.29) is 16.0 Å². The molecule has 0 fully saturated rings. The van der Waals surface area contributed by atoms with Crippen LogP contribution in [0, 0.1) is 12.8 Å². The van der Waals surface area contributed by atoms with Gasteiger partial charge in [0.2, 0.25) is 0 Å². The van der Waals surface area contributed by atoms with E-state index < -0.39 is 0 Å². The SMILES string of the molecule is [Br][Mg][Br].[CH2]C(C)CCC. The van der Waals surface area contributed by atoms with Gasteiger partial charge in [-0.3, -0.25) is 25.8 Å². The first-order valence-corrected chi connectivity index (χ1v) is 10.9. The Morgan fingerprint density at radius 2 is 1.89 bits per heavy atom. The lowest BCUT2D eigenvalue weighted by Crippen LogP contribution is -1.82. The molecule has 1 radical (unpaired) electrons. The highest BCUT2D eigenvalue weighted by atomic mass is 79.9. The molecular weight excluding hydrogens is 256 g/mol. The lowest BCUT2D eigenvalue weighted by atomic mass is 10.1. The zero-order chi connectivity index (χ0) is 7.70. The number of hydrogen-bond donors (Lipinski definition) is 0. The molecule has 3 heteroatoms. The maximum absolute atomic E-state index is 3.83. The van der Waals surface area contributed by atoms with Gasteiger partial charge in [-0.1, -0.05) is 33.6 Å². The fourth-order valence-electron chi connectivity index (χ4n) is 0.493. The number of rotatable bonds is 2. The highest BCUT2D eigenvalue weighted by Crippen LogP contribution is 1.99. The summed E-state index contributed by atoms with van der Waals surface area (Å²) in [5.41, 5.74) is 0. The molecule has 1 atom stereocenters. The minimum absolute atomic E-state index is 0.0417. The van der Waals surface area contributed by atoms with Crippen molar-refractivity contribution in [1.82, 2.24) is 0 Å². The van der Waals surface area contributed by atoms with E-state index >= 15 is 0 Å². The quantitative estimate of drug-likeness (QED) is 0.672. The molecule has 53 valence electrons. The first-order valence-electron chi connectivity index (χ1n) is 3.14. The van der Waals surface area contributed by atoms with Crippen LogP contribution in [-0.2, 0) is 0 Å². The van der Waals surface area contributed by atoms with Gasteiger partial charge < -0.3 is 0 Å². The third-order valence-electron chi connectivity index (χ3n) is 0.781. The Morgan fingerprint density at radius 1 is 1.56 bits per heavy atom. The Bertz CT molecular complexity index is 40.0. The van der Waals surface area contributed by atoms with Crippen molar-refractivity contribution >= 4 is 41.8 Å². The summed E-state index contributed by atoms with van der Waals surface area (Å²) in [5, 5.41) is 0. The van der Waals surface area contributed by atoms with Gasteiger partial charge in [-0.05, 0) is 5.92 Å². The van der Waals surface area contributed by atoms with E-state index in [1.807, 2.05) is 0 Å². The second-order valence-electron chi connectivity index (χ2n) is 1.99. The Morgan fingerprint density at radius 3 is 1.89 bits per heavy atom. The van der Waals surface area contributed by atoms with Crippen molar-refractivity contribution in [1.29, 1.82) is 0 Å². The van der Waals surface area contributed by atoms with E-state index in [2.05, 4.69) is 46.5 Å². The molecule has 1 unspecified atom stereocenters. The van der Waals surface area contributed by atoms with Crippen LogP contribution in [0.4, 0.5) is 0 Å². The van der Waals surface area contributed by atoms with Gasteiger partial charge in [-0.25, -0.2) is 0 Å². The van der Waals surface area contributed by atoms with Gasteiger partial charge in [-0.15, -0.1) is 0 Å². The molecule has 0 amide bonds. The molecule has 0 bridgehead atoms. The summed E-state index contributed by atoms with van der Waals surface area (Å²) >= 11 is 6.44. The van der Waals surface area contributed by atoms with Gasteiger partial charge in [0.15, 0.2) is 0 Å². The molecule has 0 aromatic heterocycles. The summed E-state index contributed by atoms with van der Waals surface area (Å²) in [6.45, 7) is 8.15. The van der Waals surface area contributed by atoms with Crippen LogP contribution in [0.25, 0.3) is 0 Å². The zero-order valence-electron chi connectivity index (χ0n) is 6.16. The van der Waals surface area contributed by atoms with Crippen LogP contribution in [0.3, 0.4) is 0 Å². The average molecular weight is 269 g/mol. The Kier molecular flexibility index (Phi) is 18.4. The van der Waals surface area contributed by atoms with Gasteiger partial charge >= 0.3 is 16.0 Å². The van der Waals surface area contributed by atoms with Gasteiger partial charge in [0, 0.05) is 0 Å². The molecule has 9 heavy (non-hydrogen) atoms. The summed E-state index contributed by atoms with van der Waals surface area (Å²) in [4.78, 5) is 0. The monoisotopic (exact) mass is 267 g/mol. The third kappa shape index (κ3) is 26.0.